The third-order valence-corrected chi connectivity index (χ3v) is 6.52. The number of aromatic nitrogens is 6. The van der Waals surface area contributed by atoms with Crippen LogP contribution in [0.2, 0.25) is 0 Å². The van der Waals surface area contributed by atoms with Gasteiger partial charge in [-0.2, -0.15) is 5.10 Å². The number of anilines is 1. The Labute approximate surface area is 201 Å². The molecule has 0 aliphatic carbocycles. The maximum absolute atomic E-state index is 13.5. The van der Waals surface area contributed by atoms with Crippen molar-refractivity contribution in [2.24, 2.45) is 7.05 Å². The first-order valence-corrected chi connectivity index (χ1v) is 11.5. The van der Waals surface area contributed by atoms with Crippen LogP contribution in [-0.2, 0) is 26.4 Å². The third-order valence-electron chi connectivity index (χ3n) is 6.52. The van der Waals surface area contributed by atoms with Crippen molar-refractivity contribution >= 4 is 22.9 Å². The summed E-state index contributed by atoms with van der Waals surface area (Å²) in [5.41, 5.74) is 12.9. The van der Waals surface area contributed by atoms with E-state index in [4.69, 9.17) is 5.73 Å². The van der Waals surface area contributed by atoms with Crippen LogP contribution < -0.4 is 5.73 Å². The molecule has 6 rings (SSSR count). The lowest BCUT2D eigenvalue weighted by Crippen LogP contribution is -2.37. The van der Waals surface area contributed by atoms with Crippen molar-refractivity contribution in [1.82, 2.24) is 34.2 Å². The average molecular weight is 465 g/mol. The van der Waals surface area contributed by atoms with Crippen molar-refractivity contribution in [3.8, 4) is 5.69 Å². The van der Waals surface area contributed by atoms with Crippen LogP contribution in [0.5, 0.6) is 0 Å². The summed E-state index contributed by atoms with van der Waals surface area (Å²) >= 11 is 0. The Morgan fingerprint density at radius 3 is 2.57 bits per heavy atom. The molecule has 0 radical (unpaired) electrons. The summed E-state index contributed by atoms with van der Waals surface area (Å²) in [4.78, 5) is 28.1. The normalized spacial score (nSPS) is 13.4. The van der Waals surface area contributed by atoms with E-state index in [1.165, 1.54) is 6.33 Å². The highest BCUT2D eigenvalue weighted by atomic mass is 16.2. The maximum atomic E-state index is 13.5. The Bertz CT molecular complexity index is 1540. The van der Waals surface area contributed by atoms with Crippen LogP contribution in [0.25, 0.3) is 16.9 Å². The summed E-state index contributed by atoms with van der Waals surface area (Å²) in [6, 6.07) is 18.3. The second kappa shape index (κ2) is 8.35. The monoisotopic (exact) mass is 464 g/mol. The zero-order valence-electron chi connectivity index (χ0n) is 19.3. The quantitative estimate of drug-likeness (QED) is 0.429. The maximum Gasteiger partial charge on any atom is 0.257 e. The first kappa shape index (κ1) is 21.0. The molecule has 1 aliphatic heterocycles. The minimum absolute atomic E-state index is 0.0436. The van der Waals surface area contributed by atoms with Crippen molar-refractivity contribution in [2.75, 3.05) is 12.3 Å². The van der Waals surface area contributed by atoms with Gasteiger partial charge in [0.2, 0.25) is 0 Å². The van der Waals surface area contributed by atoms with Crippen LogP contribution in [0, 0.1) is 0 Å². The van der Waals surface area contributed by atoms with E-state index in [0.717, 1.165) is 40.2 Å². The van der Waals surface area contributed by atoms with Crippen molar-refractivity contribution in [1.29, 1.82) is 0 Å². The average Bonchev–Trinajstić information content (AvgIpc) is 3.44. The SMILES string of the molecule is Cn1nc2c(c1Cc1ccccc1)C(=O)N(Cc1ccc(-n3cnc4c(N)ncnc43)cc1)CC2. The molecular formula is C26H24N8O. The number of hydrogen-bond acceptors (Lipinski definition) is 6. The van der Waals surface area contributed by atoms with Crippen LogP contribution in [0.3, 0.4) is 0 Å². The fraction of sp³-hybridized carbons (Fsp3) is 0.192. The van der Waals surface area contributed by atoms with E-state index in [1.807, 2.05) is 63.7 Å². The zero-order chi connectivity index (χ0) is 23.9. The summed E-state index contributed by atoms with van der Waals surface area (Å²) in [6.45, 7) is 1.19. The van der Waals surface area contributed by atoms with Gasteiger partial charge in [-0.3, -0.25) is 14.0 Å². The van der Waals surface area contributed by atoms with E-state index in [-0.39, 0.29) is 5.91 Å². The van der Waals surface area contributed by atoms with Gasteiger partial charge in [-0.1, -0.05) is 42.5 Å². The van der Waals surface area contributed by atoms with E-state index in [9.17, 15) is 4.79 Å². The van der Waals surface area contributed by atoms with Gasteiger partial charge in [-0.05, 0) is 23.3 Å². The van der Waals surface area contributed by atoms with E-state index < -0.39 is 0 Å². The number of rotatable bonds is 5. The molecule has 0 saturated carbocycles. The number of nitrogens with zero attached hydrogens (tertiary/aromatic N) is 7. The summed E-state index contributed by atoms with van der Waals surface area (Å²) in [6.07, 6.45) is 4.56. The minimum Gasteiger partial charge on any atom is -0.382 e. The van der Waals surface area contributed by atoms with Crippen LogP contribution in [0.4, 0.5) is 5.82 Å². The number of nitrogen functional groups attached to an aromatic ring is 1. The largest absolute Gasteiger partial charge is 0.382 e. The van der Waals surface area contributed by atoms with Gasteiger partial charge >= 0.3 is 0 Å². The van der Waals surface area contributed by atoms with Gasteiger partial charge < -0.3 is 10.6 Å². The lowest BCUT2D eigenvalue weighted by Gasteiger charge is -2.27. The Morgan fingerprint density at radius 2 is 1.77 bits per heavy atom. The third kappa shape index (κ3) is 3.71. The van der Waals surface area contributed by atoms with E-state index in [1.54, 1.807) is 6.33 Å². The molecule has 0 spiro atoms. The molecule has 174 valence electrons. The van der Waals surface area contributed by atoms with Crippen molar-refractivity contribution in [3.63, 3.8) is 0 Å². The van der Waals surface area contributed by atoms with Crippen molar-refractivity contribution in [2.45, 2.75) is 19.4 Å². The van der Waals surface area contributed by atoms with Crippen LogP contribution in [0.15, 0.2) is 67.3 Å². The molecule has 1 aliphatic rings. The first-order chi connectivity index (χ1) is 17.1. The first-order valence-electron chi connectivity index (χ1n) is 11.5. The number of aryl methyl sites for hydroxylation is 1. The predicted molar refractivity (Wildman–Crippen MR) is 132 cm³/mol. The standard InChI is InChI=1S/C26H24N8O/c1-32-21(13-17-5-3-2-4-6-17)22-20(31-32)11-12-33(26(22)35)14-18-7-9-19(10-8-18)34-16-30-23-24(27)28-15-29-25(23)34/h2-10,15-16H,11-14H2,1H3,(H2,27,28,29). The van der Waals surface area contributed by atoms with Crippen LogP contribution >= 0.6 is 0 Å². The Balaban J connectivity index is 1.23. The van der Waals surface area contributed by atoms with Crippen molar-refractivity contribution < 1.29 is 4.79 Å². The van der Waals surface area contributed by atoms with E-state index in [0.29, 0.717) is 36.5 Å². The lowest BCUT2D eigenvalue weighted by atomic mass is 9.99. The van der Waals surface area contributed by atoms with Gasteiger partial charge in [0.15, 0.2) is 17.0 Å². The minimum atomic E-state index is 0.0436. The lowest BCUT2D eigenvalue weighted by molar-refractivity contribution is 0.0725. The van der Waals surface area contributed by atoms with E-state index in [2.05, 4.69) is 32.2 Å². The number of imidazole rings is 1. The molecule has 0 unspecified atom stereocenters. The molecule has 0 atom stereocenters. The highest BCUT2D eigenvalue weighted by Crippen LogP contribution is 2.26. The molecule has 9 heteroatoms. The van der Waals surface area contributed by atoms with Gasteiger partial charge in [-0.25, -0.2) is 15.0 Å². The molecule has 5 aromatic rings. The molecule has 0 saturated heterocycles. The second-order valence-electron chi connectivity index (χ2n) is 8.74. The Kier molecular flexibility index (Phi) is 5.02. The number of carbonyl (C=O) groups is 1. The Hall–Kier alpha value is -4.53. The molecule has 3 aromatic heterocycles. The fourth-order valence-electron chi connectivity index (χ4n) is 4.71. The molecule has 2 N–H and O–H groups in total. The second-order valence-corrected chi connectivity index (χ2v) is 8.74. The number of hydrogen-bond donors (Lipinski definition) is 1. The number of carbonyl (C=O) groups excluding carboxylic acids is 1. The molecule has 35 heavy (non-hydrogen) atoms. The van der Waals surface area contributed by atoms with Crippen LogP contribution in [0.1, 0.15) is 32.9 Å². The highest BCUT2D eigenvalue weighted by molar-refractivity contribution is 5.97. The van der Waals surface area contributed by atoms with E-state index >= 15 is 0 Å². The van der Waals surface area contributed by atoms with Gasteiger partial charge in [-0.15, -0.1) is 0 Å². The van der Waals surface area contributed by atoms with Gasteiger partial charge in [0, 0.05) is 38.7 Å². The fourth-order valence-corrected chi connectivity index (χ4v) is 4.71. The summed E-state index contributed by atoms with van der Waals surface area (Å²) in [5, 5.41) is 4.65. The number of fused-ring (bicyclic) bond motifs is 2. The Morgan fingerprint density at radius 1 is 0.971 bits per heavy atom. The van der Waals surface area contributed by atoms with Gasteiger partial charge in [0.25, 0.3) is 5.91 Å². The smallest absolute Gasteiger partial charge is 0.257 e. The van der Waals surface area contributed by atoms with Crippen molar-refractivity contribution in [3.05, 3.63) is 95.3 Å². The molecule has 2 aromatic carbocycles. The van der Waals surface area contributed by atoms with Gasteiger partial charge in [0.1, 0.15) is 12.7 Å². The number of nitrogens with two attached hydrogens (primary N) is 1. The molecule has 9 nitrogen and oxygen atoms in total. The predicted octanol–water partition coefficient (Wildman–Crippen LogP) is 2.92. The molecule has 4 heterocycles. The molecule has 0 bridgehead atoms. The molecule has 1 amide bonds. The van der Waals surface area contributed by atoms with Gasteiger partial charge in [0.05, 0.1) is 17.0 Å². The summed E-state index contributed by atoms with van der Waals surface area (Å²) < 4.78 is 3.74. The highest BCUT2D eigenvalue weighted by Gasteiger charge is 2.31. The molecule has 0 fully saturated rings. The topological polar surface area (TPSA) is 108 Å². The number of amides is 1. The van der Waals surface area contributed by atoms with Crippen LogP contribution in [-0.4, -0.2) is 46.7 Å². The number of benzene rings is 2. The zero-order valence-corrected chi connectivity index (χ0v) is 19.3. The summed E-state index contributed by atoms with van der Waals surface area (Å²) in [7, 11) is 1.92. The molecular weight excluding hydrogens is 440 g/mol. The summed E-state index contributed by atoms with van der Waals surface area (Å²) in [5.74, 6) is 0.400.